The second-order valence-electron chi connectivity index (χ2n) is 29.8. The van der Waals surface area contributed by atoms with Gasteiger partial charge in [0.1, 0.15) is 0 Å². The fraction of sp³-hybridized carbons (Fsp3) is 0. The molecular formula is C111H71N9. The number of nitrogens with zero attached hydrogens (tertiary/aromatic N) is 9. The Labute approximate surface area is 693 Å². The van der Waals surface area contributed by atoms with Gasteiger partial charge in [0.15, 0.2) is 52.4 Å². The van der Waals surface area contributed by atoms with Crippen molar-refractivity contribution in [2.75, 3.05) is 0 Å². The molecule has 3 heterocycles. The molecule has 0 bridgehead atoms. The first-order chi connectivity index (χ1) is 59.5. The minimum Gasteiger partial charge on any atom is -0.208 e. The highest BCUT2D eigenvalue weighted by Crippen LogP contribution is 2.50. The largest absolute Gasteiger partial charge is 0.208 e. The average molecular weight is 1530 g/mol. The average Bonchev–Trinajstić information content (AvgIpc) is 1.55. The molecule has 120 heavy (non-hydrogen) atoms. The SMILES string of the molecule is c1ccc(-c2nc(-c3ccccc3)nc(-c3ccc(-c4cc5ccccc5c5ccccc45)cc3)n2)cc1.c1ccc(-c2nc(-c3ccccc3)nc(-c3ccc(-c4ccc5c6c(cccc46)-c4ccccc4-5)cc3)n2)cc1.c1ccc(-c2nc(-c3ccccc3)nc(-c3ccc(-c4ccc5c6ccccc6c6ccccc6c5c4)cc3)n2)cc1. The van der Waals surface area contributed by atoms with E-state index in [1.54, 1.807) is 0 Å². The molecule has 0 amide bonds. The Morgan fingerprint density at radius 2 is 0.350 bits per heavy atom. The number of hydrogen-bond donors (Lipinski definition) is 0. The predicted octanol–water partition coefficient (Wildman–Crippen LogP) is 28.2. The molecule has 22 aromatic rings. The van der Waals surface area contributed by atoms with Crippen LogP contribution in [0.1, 0.15) is 0 Å². The molecular weight excluding hydrogens is 1460 g/mol. The number of benzene rings is 19. The summed E-state index contributed by atoms with van der Waals surface area (Å²) in [7, 11) is 0. The van der Waals surface area contributed by atoms with Gasteiger partial charge in [0, 0.05) is 50.1 Å². The second kappa shape index (κ2) is 31.5. The van der Waals surface area contributed by atoms with Gasteiger partial charge in [0.05, 0.1) is 0 Å². The minimum absolute atomic E-state index is 0.658. The summed E-state index contributed by atoms with van der Waals surface area (Å²) in [6.07, 6.45) is 0. The molecule has 1 aliphatic rings. The lowest BCUT2D eigenvalue weighted by Gasteiger charge is -2.12. The van der Waals surface area contributed by atoms with E-state index in [2.05, 4.69) is 249 Å². The van der Waals surface area contributed by atoms with Gasteiger partial charge in [-0.2, -0.15) is 0 Å². The summed E-state index contributed by atoms with van der Waals surface area (Å²) in [6, 6.07) is 150. The van der Waals surface area contributed by atoms with Gasteiger partial charge in [0.2, 0.25) is 0 Å². The van der Waals surface area contributed by atoms with Crippen LogP contribution in [0, 0.1) is 0 Å². The fourth-order valence-electron chi connectivity index (χ4n) is 16.7. The van der Waals surface area contributed by atoms with E-state index >= 15 is 0 Å². The summed E-state index contributed by atoms with van der Waals surface area (Å²) in [5.41, 5.74) is 21.0. The lowest BCUT2D eigenvalue weighted by molar-refractivity contribution is 1.07. The van der Waals surface area contributed by atoms with E-state index in [9.17, 15) is 0 Å². The Morgan fingerprint density at radius 3 is 0.733 bits per heavy atom. The van der Waals surface area contributed by atoms with Crippen LogP contribution in [0.4, 0.5) is 0 Å². The van der Waals surface area contributed by atoms with Gasteiger partial charge in [-0.3, -0.25) is 0 Å². The summed E-state index contributed by atoms with van der Waals surface area (Å²) in [6.45, 7) is 0. The quantitative estimate of drug-likeness (QED) is 0.110. The van der Waals surface area contributed by atoms with Crippen molar-refractivity contribution in [2.24, 2.45) is 0 Å². The van der Waals surface area contributed by atoms with E-state index in [-0.39, 0.29) is 0 Å². The van der Waals surface area contributed by atoms with Crippen molar-refractivity contribution in [3.63, 3.8) is 0 Å². The van der Waals surface area contributed by atoms with Crippen LogP contribution in [0.25, 0.3) is 223 Å². The van der Waals surface area contributed by atoms with E-state index in [4.69, 9.17) is 44.9 Å². The number of hydrogen-bond acceptors (Lipinski definition) is 9. The highest BCUT2D eigenvalue weighted by molar-refractivity contribution is 6.26. The molecule has 0 radical (unpaired) electrons. The Hall–Kier alpha value is -16.2. The van der Waals surface area contributed by atoms with Crippen LogP contribution in [0.3, 0.4) is 0 Å². The zero-order valence-corrected chi connectivity index (χ0v) is 65.0. The molecule has 0 fully saturated rings. The molecule has 1 aliphatic carbocycles. The third kappa shape index (κ3) is 13.9. The molecule has 0 atom stereocenters. The van der Waals surface area contributed by atoms with Crippen molar-refractivity contribution < 1.29 is 0 Å². The molecule has 0 N–H and O–H groups in total. The second-order valence-corrected chi connectivity index (χ2v) is 29.8. The smallest absolute Gasteiger partial charge is 0.164 e. The predicted molar refractivity (Wildman–Crippen MR) is 494 cm³/mol. The van der Waals surface area contributed by atoms with Crippen LogP contribution in [0.5, 0.6) is 0 Å². The number of aromatic nitrogens is 9. The van der Waals surface area contributed by atoms with E-state index in [0.717, 1.165) is 61.2 Å². The van der Waals surface area contributed by atoms with Gasteiger partial charge < -0.3 is 0 Å². The van der Waals surface area contributed by atoms with E-state index in [1.165, 1.54) is 109 Å². The van der Waals surface area contributed by atoms with Gasteiger partial charge in [-0.25, -0.2) is 44.9 Å². The monoisotopic (exact) mass is 1530 g/mol. The zero-order valence-electron chi connectivity index (χ0n) is 65.0. The maximum absolute atomic E-state index is 4.88. The molecule has 560 valence electrons. The molecule has 3 aromatic heterocycles. The summed E-state index contributed by atoms with van der Waals surface area (Å²) < 4.78 is 0. The van der Waals surface area contributed by atoms with Crippen LogP contribution in [-0.4, -0.2) is 44.9 Å². The molecule has 19 aromatic carbocycles. The summed E-state index contributed by atoms with van der Waals surface area (Å²) in [5, 5.41) is 15.3. The van der Waals surface area contributed by atoms with Crippen LogP contribution >= 0.6 is 0 Å². The number of fused-ring (bicyclic) bond motifs is 12. The first-order valence-corrected chi connectivity index (χ1v) is 40.3. The van der Waals surface area contributed by atoms with Crippen LogP contribution in [-0.2, 0) is 0 Å². The number of rotatable bonds is 12. The van der Waals surface area contributed by atoms with Crippen LogP contribution in [0.15, 0.2) is 431 Å². The van der Waals surface area contributed by atoms with Crippen LogP contribution in [0.2, 0.25) is 0 Å². The summed E-state index contributed by atoms with van der Waals surface area (Å²) in [5.74, 6) is 5.97. The van der Waals surface area contributed by atoms with Gasteiger partial charge in [-0.1, -0.05) is 419 Å². The third-order valence-corrected chi connectivity index (χ3v) is 22.5. The Balaban J connectivity index is 0.000000112. The standard InChI is InChI=1S/C39H25N3.C37H23N3.C35H23N3/c1-3-11-27(12-4-1)37-40-38(28-13-5-2-6-14-28)42-39(41-37)29-21-19-26(20-22-29)30-23-24-35-33-17-8-7-15-31(33)32-16-9-10-18-34(32)36(35)25-30;1-3-10-25(11-4-1)35-38-36(26-12-5-2-6-13-26)40-37(39-35)27-20-18-24(19-21-27)28-22-23-33-30-15-8-7-14-29(30)32-17-9-16-31(28)34(32)33;1-3-11-25(12-4-1)33-36-34(26-13-5-2-6-14-26)38-35(37-33)27-21-19-24(20-22-27)32-23-28-15-7-8-16-29(28)30-17-9-10-18-31(30)32/h1-25H;1-23H;1-23H. The van der Waals surface area contributed by atoms with Crippen molar-refractivity contribution in [1.29, 1.82) is 0 Å². The summed E-state index contributed by atoms with van der Waals surface area (Å²) >= 11 is 0. The van der Waals surface area contributed by atoms with E-state index < -0.39 is 0 Å². The molecule has 0 unspecified atom stereocenters. The molecule has 9 nitrogen and oxygen atoms in total. The lowest BCUT2D eigenvalue weighted by Crippen LogP contribution is -2.00. The van der Waals surface area contributed by atoms with Gasteiger partial charge >= 0.3 is 0 Å². The van der Waals surface area contributed by atoms with E-state index in [0.29, 0.717) is 52.4 Å². The first kappa shape index (κ1) is 71.5. The maximum atomic E-state index is 4.88. The minimum atomic E-state index is 0.658. The van der Waals surface area contributed by atoms with Crippen molar-refractivity contribution >= 4 is 64.6 Å². The molecule has 0 saturated carbocycles. The molecule has 23 rings (SSSR count). The Kier molecular flexibility index (Phi) is 18.8. The van der Waals surface area contributed by atoms with Crippen molar-refractivity contribution in [1.82, 2.24) is 44.9 Å². The molecule has 0 aliphatic heterocycles. The molecule has 9 heteroatoms. The van der Waals surface area contributed by atoms with Crippen LogP contribution < -0.4 is 0 Å². The van der Waals surface area contributed by atoms with Gasteiger partial charge in [-0.05, 0) is 132 Å². The molecule has 0 saturated heterocycles. The Morgan fingerprint density at radius 1 is 0.108 bits per heavy atom. The topological polar surface area (TPSA) is 116 Å². The highest BCUT2D eigenvalue weighted by Gasteiger charge is 2.24. The highest BCUT2D eigenvalue weighted by atomic mass is 15.1. The summed E-state index contributed by atoms with van der Waals surface area (Å²) in [4.78, 5) is 43.7. The van der Waals surface area contributed by atoms with Crippen molar-refractivity contribution in [3.05, 3.63) is 431 Å². The zero-order chi connectivity index (χ0) is 79.7. The normalized spacial score (nSPS) is 11.3. The lowest BCUT2D eigenvalue weighted by atomic mass is 9.92. The first-order valence-electron chi connectivity index (χ1n) is 40.3. The fourth-order valence-corrected chi connectivity index (χ4v) is 16.7. The third-order valence-electron chi connectivity index (χ3n) is 22.5. The van der Waals surface area contributed by atoms with Crippen molar-refractivity contribution in [3.8, 4) is 158 Å². The van der Waals surface area contributed by atoms with Gasteiger partial charge in [-0.15, -0.1) is 0 Å². The molecule has 0 spiro atoms. The van der Waals surface area contributed by atoms with E-state index in [1.807, 2.05) is 182 Å². The van der Waals surface area contributed by atoms with Crippen molar-refractivity contribution in [2.45, 2.75) is 0 Å². The maximum Gasteiger partial charge on any atom is 0.164 e. The Bertz CT molecular complexity index is 7350. The van der Waals surface area contributed by atoms with Gasteiger partial charge in [0.25, 0.3) is 0 Å².